The van der Waals surface area contributed by atoms with Crippen LogP contribution in [0.2, 0.25) is 0 Å². The molecule has 0 saturated heterocycles. The number of rotatable bonds is 4. The zero-order valence-corrected chi connectivity index (χ0v) is 8.93. The van der Waals surface area contributed by atoms with Crippen LogP contribution in [-0.4, -0.2) is 28.3 Å². The van der Waals surface area contributed by atoms with E-state index in [-0.39, 0.29) is 11.8 Å². The van der Waals surface area contributed by atoms with Crippen LogP contribution in [0.15, 0.2) is 16.8 Å². The zero-order chi connectivity index (χ0) is 12.1. The van der Waals surface area contributed by atoms with Crippen molar-refractivity contribution in [3.63, 3.8) is 0 Å². The van der Waals surface area contributed by atoms with Gasteiger partial charge in [0.05, 0.1) is 6.20 Å². The molecule has 0 saturated carbocycles. The fourth-order valence-corrected chi connectivity index (χ4v) is 1.08. The van der Waals surface area contributed by atoms with Gasteiger partial charge in [0.25, 0.3) is 0 Å². The van der Waals surface area contributed by atoms with Crippen LogP contribution in [0.25, 0.3) is 0 Å². The van der Waals surface area contributed by atoms with E-state index in [1.54, 1.807) is 13.8 Å². The molecule has 1 atom stereocenters. The molecule has 0 bridgehead atoms. The van der Waals surface area contributed by atoms with E-state index in [9.17, 15) is 9.59 Å². The van der Waals surface area contributed by atoms with Gasteiger partial charge < -0.3 is 14.9 Å². The average Bonchev–Trinajstić information content (AvgIpc) is 2.65. The maximum absolute atomic E-state index is 11.4. The third-order valence-corrected chi connectivity index (χ3v) is 1.89. The molecule has 16 heavy (non-hydrogen) atoms. The maximum Gasteiger partial charge on any atom is 0.326 e. The van der Waals surface area contributed by atoms with Gasteiger partial charge in [-0.1, -0.05) is 19.0 Å². The lowest BCUT2D eigenvalue weighted by Gasteiger charge is -2.17. The summed E-state index contributed by atoms with van der Waals surface area (Å²) in [4.78, 5) is 22.2. The highest BCUT2D eigenvalue weighted by molar-refractivity contribution is 5.91. The fraction of sp³-hybridized carbons (Fsp3) is 0.444. The number of aromatic nitrogens is 1. The number of nitrogens with one attached hydrogen (secondary N) is 2. The van der Waals surface area contributed by atoms with Gasteiger partial charge in [-0.25, -0.2) is 9.59 Å². The first kappa shape index (κ1) is 12.0. The summed E-state index contributed by atoms with van der Waals surface area (Å²) in [5.41, 5.74) is 0. The number of nitrogens with zero attached hydrogens (tertiary/aromatic N) is 1. The Morgan fingerprint density at radius 3 is 2.62 bits per heavy atom. The van der Waals surface area contributed by atoms with Gasteiger partial charge in [-0.15, -0.1) is 0 Å². The molecule has 7 nitrogen and oxygen atoms in total. The van der Waals surface area contributed by atoms with Crippen LogP contribution in [-0.2, 0) is 4.79 Å². The predicted molar refractivity (Wildman–Crippen MR) is 54.9 cm³/mol. The number of carboxylic acid groups (broad SMARTS) is 1. The number of carbonyl (C=O) groups excluding carboxylic acids is 1. The lowest BCUT2D eigenvalue weighted by atomic mass is 10.1. The van der Waals surface area contributed by atoms with E-state index in [0.29, 0.717) is 0 Å². The van der Waals surface area contributed by atoms with Crippen LogP contribution in [0.5, 0.6) is 0 Å². The first-order valence-corrected chi connectivity index (χ1v) is 4.71. The second kappa shape index (κ2) is 5.15. The summed E-state index contributed by atoms with van der Waals surface area (Å²) in [6.07, 6.45) is 1.37. The van der Waals surface area contributed by atoms with E-state index in [2.05, 4.69) is 20.3 Å². The van der Waals surface area contributed by atoms with Crippen molar-refractivity contribution in [1.82, 2.24) is 10.5 Å². The molecule has 0 fully saturated rings. The Labute approximate surface area is 91.8 Å². The summed E-state index contributed by atoms with van der Waals surface area (Å²) in [6, 6.07) is -0.133. The van der Waals surface area contributed by atoms with E-state index in [1.807, 2.05) is 0 Å². The Bertz CT molecular complexity index is 361. The molecule has 0 spiro atoms. The standard InChI is InChI=1S/C9H13N3O4/c1-5(2)7(8(13)14)12-9(15)11-6-3-4-10-16-6/h3-5,7H,1-2H3,(H,13,14)(H2,11,12,15). The zero-order valence-electron chi connectivity index (χ0n) is 8.93. The van der Waals surface area contributed by atoms with Crippen molar-refractivity contribution in [2.75, 3.05) is 5.32 Å². The van der Waals surface area contributed by atoms with E-state index in [0.717, 1.165) is 0 Å². The molecule has 3 N–H and O–H groups in total. The van der Waals surface area contributed by atoms with Crippen molar-refractivity contribution in [2.45, 2.75) is 19.9 Å². The first-order valence-electron chi connectivity index (χ1n) is 4.71. The minimum atomic E-state index is -1.08. The molecule has 1 aromatic rings. The normalized spacial score (nSPS) is 12.2. The van der Waals surface area contributed by atoms with Gasteiger partial charge in [-0.05, 0) is 5.92 Å². The van der Waals surface area contributed by atoms with E-state index in [1.165, 1.54) is 12.3 Å². The van der Waals surface area contributed by atoms with Crippen molar-refractivity contribution < 1.29 is 19.2 Å². The number of anilines is 1. The van der Waals surface area contributed by atoms with Crippen molar-refractivity contribution >= 4 is 17.9 Å². The quantitative estimate of drug-likeness (QED) is 0.709. The Kier molecular flexibility index (Phi) is 3.87. The lowest BCUT2D eigenvalue weighted by Crippen LogP contribution is -2.46. The molecule has 0 aliphatic rings. The van der Waals surface area contributed by atoms with Gasteiger partial charge in [-0.2, -0.15) is 0 Å². The van der Waals surface area contributed by atoms with E-state index in [4.69, 9.17) is 5.11 Å². The van der Waals surface area contributed by atoms with Crippen LogP contribution in [0, 0.1) is 5.92 Å². The van der Waals surface area contributed by atoms with Gasteiger partial charge in [0, 0.05) is 6.07 Å². The highest BCUT2D eigenvalue weighted by Gasteiger charge is 2.23. The second-order valence-corrected chi connectivity index (χ2v) is 3.54. The highest BCUT2D eigenvalue weighted by atomic mass is 16.5. The molecule has 0 aromatic carbocycles. The molecule has 1 rings (SSSR count). The van der Waals surface area contributed by atoms with E-state index < -0.39 is 18.0 Å². The van der Waals surface area contributed by atoms with Gasteiger partial charge >= 0.3 is 12.0 Å². The molecule has 0 radical (unpaired) electrons. The number of carbonyl (C=O) groups is 2. The predicted octanol–water partition coefficient (Wildman–Crippen LogP) is 0.905. The topological polar surface area (TPSA) is 104 Å². The minimum Gasteiger partial charge on any atom is -0.480 e. The Morgan fingerprint density at radius 1 is 1.50 bits per heavy atom. The molecule has 1 unspecified atom stereocenters. The van der Waals surface area contributed by atoms with Crippen molar-refractivity contribution in [3.05, 3.63) is 12.3 Å². The minimum absolute atomic E-state index is 0.158. The fourth-order valence-electron chi connectivity index (χ4n) is 1.08. The van der Waals surface area contributed by atoms with Gasteiger partial charge in [0.1, 0.15) is 6.04 Å². The summed E-state index contributed by atoms with van der Waals surface area (Å²) in [6.45, 7) is 3.40. The monoisotopic (exact) mass is 227 g/mol. The number of urea groups is 1. The van der Waals surface area contributed by atoms with Gasteiger partial charge in [0.2, 0.25) is 5.88 Å². The van der Waals surface area contributed by atoms with Crippen LogP contribution in [0.1, 0.15) is 13.8 Å². The number of hydrogen-bond donors (Lipinski definition) is 3. The van der Waals surface area contributed by atoms with Crippen molar-refractivity contribution in [3.8, 4) is 0 Å². The second-order valence-electron chi connectivity index (χ2n) is 3.54. The number of carboxylic acids is 1. The molecule has 88 valence electrons. The molecule has 1 heterocycles. The summed E-state index contributed by atoms with van der Waals surface area (Å²) >= 11 is 0. The largest absolute Gasteiger partial charge is 0.480 e. The third-order valence-electron chi connectivity index (χ3n) is 1.89. The number of hydrogen-bond acceptors (Lipinski definition) is 4. The Hall–Kier alpha value is -2.05. The Balaban J connectivity index is 2.52. The van der Waals surface area contributed by atoms with Crippen LogP contribution < -0.4 is 10.6 Å². The Morgan fingerprint density at radius 2 is 2.19 bits per heavy atom. The molecule has 0 aliphatic heterocycles. The molecular weight excluding hydrogens is 214 g/mol. The van der Waals surface area contributed by atoms with Crippen molar-refractivity contribution in [1.29, 1.82) is 0 Å². The molecule has 1 aromatic heterocycles. The van der Waals surface area contributed by atoms with Gasteiger partial charge in [-0.3, -0.25) is 5.32 Å². The number of amides is 2. The number of aliphatic carboxylic acids is 1. The van der Waals surface area contributed by atoms with Crippen LogP contribution in [0.3, 0.4) is 0 Å². The maximum atomic E-state index is 11.4. The molecule has 2 amide bonds. The van der Waals surface area contributed by atoms with E-state index >= 15 is 0 Å². The third kappa shape index (κ3) is 3.26. The molecule has 0 aliphatic carbocycles. The summed E-state index contributed by atoms with van der Waals surface area (Å²) in [7, 11) is 0. The SMILES string of the molecule is CC(C)C(NC(=O)Nc1ccno1)C(=O)O. The summed E-state index contributed by atoms with van der Waals surface area (Å²) in [5.74, 6) is -1.13. The van der Waals surface area contributed by atoms with Crippen LogP contribution in [0.4, 0.5) is 10.7 Å². The average molecular weight is 227 g/mol. The van der Waals surface area contributed by atoms with Crippen LogP contribution >= 0.6 is 0 Å². The van der Waals surface area contributed by atoms with Gasteiger partial charge in [0.15, 0.2) is 0 Å². The van der Waals surface area contributed by atoms with Crippen molar-refractivity contribution in [2.24, 2.45) is 5.92 Å². The summed E-state index contributed by atoms with van der Waals surface area (Å²) in [5, 5.41) is 16.9. The molecular formula is C9H13N3O4. The smallest absolute Gasteiger partial charge is 0.326 e. The highest BCUT2D eigenvalue weighted by Crippen LogP contribution is 2.05. The molecule has 7 heteroatoms. The summed E-state index contributed by atoms with van der Waals surface area (Å²) < 4.78 is 4.64. The first-order chi connectivity index (χ1) is 7.50. The lowest BCUT2D eigenvalue weighted by molar-refractivity contribution is -0.140.